The quantitative estimate of drug-likeness (QED) is 0.157. The normalized spacial score (nSPS) is 13.0. The van der Waals surface area contributed by atoms with Crippen molar-refractivity contribution >= 4 is 74.0 Å². The first kappa shape index (κ1) is 32.0. The van der Waals surface area contributed by atoms with Crippen LogP contribution in [0.25, 0.3) is 23.1 Å². The highest BCUT2D eigenvalue weighted by Crippen LogP contribution is 2.36. The summed E-state index contributed by atoms with van der Waals surface area (Å²) in [6.45, 7) is 4.15. The molecule has 3 aromatic carbocycles. The monoisotopic (exact) mass is 642 g/mol. The first-order valence-electron chi connectivity index (χ1n) is 13.2. The Morgan fingerprint density at radius 2 is 1.71 bits per heavy atom. The summed E-state index contributed by atoms with van der Waals surface area (Å²) in [6.07, 6.45) is 4.17. The lowest BCUT2D eigenvalue weighted by Gasteiger charge is -2.26. The van der Waals surface area contributed by atoms with Gasteiger partial charge in [0.1, 0.15) is 0 Å². The highest BCUT2D eigenvalue weighted by molar-refractivity contribution is 7.99. The molecule has 0 aliphatic heterocycles. The summed E-state index contributed by atoms with van der Waals surface area (Å²) >= 11 is 13.7. The number of fused-ring (bicyclic) bond motifs is 1. The summed E-state index contributed by atoms with van der Waals surface area (Å²) in [5.74, 6) is 0.330. The maximum atomic E-state index is 13.1. The highest BCUT2D eigenvalue weighted by atomic mass is 35.5. The Morgan fingerprint density at radius 3 is 2.45 bits per heavy atom. The van der Waals surface area contributed by atoms with E-state index in [4.69, 9.17) is 27.9 Å². The Balaban J connectivity index is 1.56. The van der Waals surface area contributed by atoms with Crippen LogP contribution in [-0.2, 0) is 19.6 Å². The molecule has 0 aliphatic carbocycles. The molecule has 0 amide bonds. The number of nitrogens with one attached hydrogen (secondary N) is 1. The molecule has 6 nitrogen and oxygen atoms in total. The van der Waals surface area contributed by atoms with Crippen molar-refractivity contribution in [1.29, 1.82) is 0 Å². The van der Waals surface area contributed by atoms with Crippen LogP contribution in [0.4, 0.5) is 0 Å². The Hall–Kier alpha value is -2.88. The number of ether oxygens (including phenoxy) is 1. The lowest BCUT2D eigenvalue weighted by molar-refractivity contribution is -0.142. The minimum Gasteiger partial charge on any atom is -0.469 e. The van der Waals surface area contributed by atoms with E-state index in [9.17, 15) is 13.2 Å². The van der Waals surface area contributed by atoms with E-state index in [0.29, 0.717) is 15.8 Å². The third-order valence-electron chi connectivity index (χ3n) is 6.51. The third-order valence-corrected chi connectivity index (χ3v) is 10.2. The van der Waals surface area contributed by atoms with Crippen molar-refractivity contribution < 1.29 is 17.9 Å². The van der Waals surface area contributed by atoms with Crippen molar-refractivity contribution in [2.24, 2.45) is 5.41 Å². The van der Waals surface area contributed by atoms with E-state index in [-0.39, 0.29) is 34.5 Å². The van der Waals surface area contributed by atoms with Crippen molar-refractivity contribution in [2.45, 2.75) is 30.4 Å². The van der Waals surface area contributed by atoms with Gasteiger partial charge in [-0.2, -0.15) is 11.8 Å². The van der Waals surface area contributed by atoms with Gasteiger partial charge in [-0.3, -0.25) is 4.79 Å². The van der Waals surface area contributed by atoms with E-state index in [1.807, 2.05) is 80.6 Å². The molecule has 0 bridgehead atoms. The van der Waals surface area contributed by atoms with Crippen molar-refractivity contribution in [3.8, 4) is 0 Å². The van der Waals surface area contributed by atoms with Crippen molar-refractivity contribution in [3.63, 3.8) is 0 Å². The lowest BCUT2D eigenvalue weighted by atomic mass is 9.92. The summed E-state index contributed by atoms with van der Waals surface area (Å²) in [4.78, 5) is 16.8. The molecular weight excluding hydrogens is 611 g/mol. The fourth-order valence-corrected chi connectivity index (χ4v) is 6.98. The number of carbonyl (C=O) groups is 1. The number of carbonyl (C=O) groups excluding carboxylic acids is 1. The Labute approximate surface area is 261 Å². The van der Waals surface area contributed by atoms with Gasteiger partial charge in [0.25, 0.3) is 0 Å². The topological polar surface area (TPSA) is 85.4 Å². The zero-order valence-corrected chi connectivity index (χ0v) is 26.7. The molecule has 0 saturated carbocycles. The molecule has 1 heterocycles. The van der Waals surface area contributed by atoms with Gasteiger partial charge in [-0.15, -0.1) is 0 Å². The van der Waals surface area contributed by atoms with E-state index >= 15 is 0 Å². The Bertz CT molecular complexity index is 1690. The van der Waals surface area contributed by atoms with E-state index in [1.54, 1.807) is 23.9 Å². The molecule has 1 unspecified atom stereocenters. The number of hydrogen-bond donors (Lipinski definition) is 1. The number of sulfonamides is 1. The van der Waals surface area contributed by atoms with Gasteiger partial charge in [0.05, 0.1) is 29.6 Å². The first-order valence-corrected chi connectivity index (χ1v) is 16.5. The Morgan fingerprint density at radius 1 is 1.00 bits per heavy atom. The van der Waals surface area contributed by atoms with Crippen molar-refractivity contribution in [2.75, 3.05) is 19.4 Å². The van der Waals surface area contributed by atoms with E-state index in [1.165, 1.54) is 19.2 Å². The number of nitrogens with zero attached hydrogens (tertiary/aromatic N) is 1. The predicted molar refractivity (Wildman–Crippen MR) is 174 cm³/mol. The second-order valence-corrected chi connectivity index (χ2v) is 14.4. The van der Waals surface area contributed by atoms with Gasteiger partial charge in [-0.25, -0.2) is 18.1 Å². The third kappa shape index (κ3) is 9.06. The van der Waals surface area contributed by atoms with E-state index < -0.39 is 10.0 Å². The average Bonchev–Trinajstić information content (AvgIpc) is 2.96. The van der Waals surface area contributed by atoms with Crippen LogP contribution >= 0.6 is 35.0 Å². The first-order chi connectivity index (χ1) is 19.9. The molecular formula is C32H32Cl2N2O4S2. The van der Waals surface area contributed by atoms with Crippen LogP contribution in [-0.4, -0.2) is 38.8 Å². The molecule has 1 atom stereocenters. The largest absolute Gasteiger partial charge is 0.469 e. The summed E-state index contributed by atoms with van der Waals surface area (Å²) in [5.41, 5.74) is 3.15. The second-order valence-electron chi connectivity index (χ2n) is 10.6. The van der Waals surface area contributed by atoms with Gasteiger partial charge in [-0.1, -0.05) is 79.5 Å². The molecule has 220 valence electrons. The van der Waals surface area contributed by atoms with Crippen molar-refractivity contribution in [1.82, 2.24) is 9.71 Å². The maximum Gasteiger partial charge on any atom is 0.306 e. The molecule has 0 fully saturated rings. The molecule has 42 heavy (non-hydrogen) atoms. The number of rotatable bonds is 12. The summed E-state index contributed by atoms with van der Waals surface area (Å²) < 4.78 is 33.7. The predicted octanol–water partition coefficient (Wildman–Crippen LogP) is 8.05. The average molecular weight is 644 g/mol. The molecule has 4 aromatic rings. The number of aromatic nitrogens is 1. The smallest absolute Gasteiger partial charge is 0.306 e. The number of benzene rings is 3. The molecule has 0 spiro atoms. The molecule has 0 radical (unpaired) electrons. The van der Waals surface area contributed by atoms with Crippen LogP contribution in [0.15, 0.2) is 83.8 Å². The number of pyridine rings is 1. The number of halogens is 2. The summed E-state index contributed by atoms with van der Waals surface area (Å²) in [7, 11) is -2.39. The van der Waals surface area contributed by atoms with Crippen molar-refractivity contribution in [3.05, 3.63) is 106 Å². The highest BCUT2D eigenvalue weighted by Gasteiger charge is 2.26. The molecule has 1 aromatic heterocycles. The standard InChI is InChI=1S/C32H32Cl2N2O4S2/c1-32(2,19-31(37)40-3)21-41-30(20-35-42(38,39)28-15-11-25(33)12-16-28)24-6-4-5-22(17-24)7-13-27-14-9-23-8-10-26(34)18-29(23)36-27/h4-18,30,35H,19-21H2,1-3H3/b13-7+. The van der Waals surface area contributed by atoms with Gasteiger partial charge in [0.15, 0.2) is 0 Å². The van der Waals surface area contributed by atoms with E-state index in [2.05, 4.69) is 9.71 Å². The minimum atomic E-state index is -3.76. The van der Waals surface area contributed by atoms with Gasteiger partial charge >= 0.3 is 5.97 Å². The van der Waals surface area contributed by atoms with E-state index in [0.717, 1.165) is 27.7 Å². The SMILES string of the molecule is COC(=O)CC(C)(C)CSC(CNS(=O)(=O)c1ccc(Cl)cc1)c1cccc(/C=C/c2ccc3ccc(Cl)cc3n2)c1. The summed E-state index contributed by atoms with van der Waals surface area (Å²) in [5, 5.41) is 1.88. The number of hydrogen-bond acceptors (Lipinski definition) is 6. The molecule has 10 heteroatoms. The minimum absolute atomic E-state index is 0.141. The maximum absolute atomic E-state index is 13.1. The zero-order valence-electron chi connectivity index (χ0n) is 23.5. The van der Waals surface area contributed by atoms with Crippen LogP contribution in [0, 0.1) is 5.41 Å². The van der Waals surface area contributed by atoms with Crippen LogP contribution in [0.2, 0.25) is 10.0 Å². The van der Waals surface area contributed by atoms with Crippen LogP contribution in [0.5, 0.6) is 0 Å². The summed E-state index contributed by atoms with van der Waals surface area (Å²) in [6, 6.07) is 23.6. The van der Waals surface area contributed by atoms with Crippen LogP contribution in [0.3, 0.4) is 0 Å². The number of methoxy groups -OCH3 is 1. The fraction of sp³-hybridized carbons (Fsp3) is 0.250. The second kappa shape index (κ2) is 14.1. The fourth-order valence-electron chi connectivity index (χ4n) is 4.24. The zero-order chi connectivity index (χ0) is 30.3. The Kier molecular flexibility index (Phi) is 10.7. The molecule has 0 aliphatic rings. The number of thioether (sulfide) groups is 1. The van der Waals surface area contributed by atoms with Gasteiger partial charge in [-0.05, 0) is 70.8 Å². The van der Waals surface area contributed by atoms with Gasteiger partial charge < -0.3 is 4.74 Å². The molecule has 0 saturated heterocycles. The van der Waals surface area contributed by atoms with Crippen LogP contribution < -0.4 is 4.72 Å². The van der Waals surface area contributed by atoms with Gasteiger partial charge in [0, 0.05) is 27.2 Å². The number of esters is 1. The molecule has 4 rings (SSSR count). The molecule has 1 N–H and O–H groups in total. The van der Waals surface area contributed by atoms with Gasteiger partial charge in [0.2, 0.25) is 10.0 Å². The lowest BCUT2D eigenvalue weighted by Crippen LogP contribution is -2.29. The van der Waals surface area contributed by atoms with Crippen LogP contribution in [0.1, 0.15) is 42.3 Å².